The smallest absolute Gasteiger partial charge is 0.335 e. The largest absolute Gasteiger partial charge is 0.466 e. The molecule has 0 spiro atoms. The zero-order chi connectivity index (χ0) is 9.42. The molecule has 0 aromatic carbocycles. The minimum Gasteiger partial charge on any atom is -0.466 e. The van der Waals surface area contributed by atoms with E-state index in [0.717, 1.165) is 6.42 Å². The third-order valence-electron chi connectivity index (χ3n) is 2.56. The van der Waals surface area contributed by atoms with Gasteiger partial charge in [-0.25, -0.2) is 4.79 Å². The SMILES string of the molecule is COC(=O)C1=CC2CCC(=O)N2C1. The van der Waals surface area contributed by atoms with Crippen LogP contribution in [0.1, 0.15) is 12.8 Å². The summed E-state index contributed by atoms with van der Waals surface area (Å²) in [5.74, 6) is -0.178. The van der Waals surface area contributed by atoms with E-state index < -0.39 is 0 Å². The molecule has 4 heteroatoms. The lowest BCUT2D eigenvalue weighted by molar-refractivity contribution is -0.136. The van der Waals surface area contributed by atoms with Crippen LogP contribution in [0.25, 0.3) is 0 Å². The van der Waals surface area contributed by atoms with Crippen molar-refractivity contribution >= 4 is 11.9 Å². The number of ether oxygens (including phenoxy) is 1. The summed E-state index contributed by atoms with van der Waals surface area (Å²) in [4.78, 5) is 24.1. The van der Waals surface area contributed by atoms with Crippen LogP contribution in [0.4, 0.5) is 0 Å². The normalized spacial score (nSPS) is 25.9. The molecule has 70 valence electrons. The number of amides is 1. The second-order valence-corrected chi connectivity index (χ2v) is 3.31. The lowest BCUT2D eigenvalue weighted by Crippen LogP contribution is -2.28. The zero-order valence-electron chi connectivity index (χ0n) is 7.45. The van der Waals surface area contributed by atoms with Crippen LogP contribution in [0, 0.1) is 0 Å². The monoisotopic (exact) mass is 181 g/mol. The number of fused-ring (bicyclic) bond motifs is 1. The van der Waals surface area contributed by atoms with Crippen molar-refractivity contribution in [1.29, 1.82) is 0 Å². The van der Waals surface area contributed by atoms with Crippen LogP contribution in [-0.2, 0) is 14.3 Å². The van der Waals surface area contributed by atoms with E-state index in [1.165, 1.54) is 7.11 Å². The molecule has 2 heterocycles. The second kappa shape index (κ2) is 2.87. The van der Waals surface area contributed by atoms with Crippen LogP contribution in [0.2, 0.25) is 0 Å². The predicted molar refractivity (Wildman–Crippen MR) is 44.8 cm³/mol. The molecule has 1 fully saturated rings. The Balaban J connectivity index is 2.13. The van der Waals surface area contributed by atoms with Gasteiger partial charge in [-0.05, 0) is 12.5 Å². The second-order valence-electron chi connectivity index (χ2n) is 3.31. The third-order valence-corrected chi connectivity index (χ3v) is 2.56. The van der Waals surface area contributed by atoms with E-state index in [1.54, 1.807) is 4.90 Å². The van der Waals surface area contributed by atoms with Gasteiger partial charge in [0.05, 0.1) is 25.3 Å². The van der Waals surface area contributed by atoms with E-state index in [0.29, 0.717) is 18.5 Å². The van der Waals surface area contributed by atoms with Crippen molar-refractivity contribution in [1.82, 2.24) is 4.90 Å². The Kier molecular flexibility index (Phi) is 1.83. The Hall–Kier alpha value is -1.32. The number of esters is 1. The highest BCUT2D eigenvalue weighted by Gasteiger charge is 2.36. The Bertz CT molecular complexity index is 295. The van der Waals surface area contributed by atoms with Crippen molar-refractivity contribution in [3.8, 4) is 0 Å². The molecule has 1 atom stereocenters. The number of carbonyl (C=O) groups is 2. The van der Waals surface area contributed by atoms with Gasteiger partial charge in [-0.1, -0.05) is 0 Å². The summed E-state index contributed by atoms with van der Waals surface area (Å²) in [5, 5.41) is 0. The quantitative estimate of drug-likeness (QED) is 0.538. The summed E-state index contributed by atoms with van der Waals surface area (Å²) >= 11 is 0. The lowest BCUT2D eigenvalue weighted by Gasteiger charge is -2.14. The van der Waals surface area contributed by atoms with Gasteiger partial charge in [-0.2, -0.15) is 0 Å². The van der Waals surface area contributed by atoms with Crippen LogP contribution in [0.5, 0.6) is 0 Å². The molecule has 1 amide bonds. The summed E-state index contributed by atoms with van der Waals surface area (Å²) in [5.41, 5.74) is 0.612. The van der Waals surface area contributed by atoms with E-state index in [2.05, 4.69) is 4.74 Å². The topological polar surface area (TPSA) is 46.6 Å². The molecule has 0 saturated carbocycles. The highest BCUT2D eigenvalue weighted by atomic mass is 16.5. The number of hydrogen-bond acceptors (Lipinski definition) is 3. The van der Waals surface area contributed by atoms with Crippen molar-refractivity contribution in [2.75, 3.05) is 13.7 Å². The number of methoxy groups -OCH3 is 1. The fourth-order valence-electron chi connectivity index (χ4n) is 1.87. The third kappa shape index (κ3) is 1.22. The number of nitrogens with zero attached hydrogens (tertiary/aromatic N) is 1. The highest BCUT2D eigenvalue weighted by Crippen LogP contribution is 2.27. The molecule has 1 unspecified atom stereocenters. The number of carbonyl (C=O) groups excluding carboxylic acids is 2. The molecule has 1 saturated heterocycles. The molecular weight excluding hydrogens is 170 g/mol. The standard InChI is InChI=1S/C9H11NO3/c1-13-9(12)6-4-7-2-3-8(11)10(7)5-6/h4,7H,2-3,5H2,1H3. The van der Waals surface area contributed by atoms with Crippen molar-refractivity contribution in [3.63, 3.8) is 0 Å². The summed E-state index contributed by atoms with van der Waals surface area (Å²) < 4.78 is 4.59. The number of rotatable bonds is 1. The maximum Gasteiger partial charge on any atom is 0.335 e. The number of hydrogen-bond donors (Lipinski definition) is 0. The molecule has 2 aliphatic rings. The van der Waals surface area contributed by atoms with Crippen LogP contribution in [0.15, 0.2) is 11.6 Å². The first-order valence-corrected chi connectivity index (χ1v) is 4.31. The zero-order valence-corrected chi connectivity index (χ0v) is 7.45. The Morgan fingerprint density at radius 3 is 3.08 bits per heavy atom. The van der Waals surface area contributed by atoms with Crippen molar-refractivity contribution in [2.45, 2.75) is 18.9 Å². The first-order chi connectivity index (χ1) is 6.22. The van der Waals surface area contributed by atoms with E-state index in [1.807, 2.05) is 6.08 Å². The van der Waals surface area contributed by atoms with Gasteiger partial charge in [0.15, 0.2) is 0 Å². The van der Waals surface area contributed by atoms with Gasteiger partial charge in [0.25, 0.3) is 0 Å². The van der Waals surface area contributed by atoms with E-state index >= 15 is 0 Å². The molecule has 0 aromatic heterocycles. The molecule has 0 N–H and O–H groups in total. The van der Waals surface area contributed by atoms with Gasteiger partial charge in [0, 0.05) is 6.42 Å². The van der Waals surface area contributed by atoms with Crippen LogP contribution in [0.3, 0.4) is 0 Å². The minimum atomic E-state index is -0.317. The first kappa shape index (κ1) is 8.29. The van der Waals surface area contributed by atoms with Gasteiger partial charge in [0.1, 0.15) is 0 Å². The van der Waals surface area contributed by atoms with E-state index in [9.17, 15) is 9.59 Å². The van der Waals surface area contributed by atoms with Gasteiger partial charge in [-0.15, -0.1) is 0 Å². The minimum absolute atomic E-state index is 0.139. The summed E-state index contributed by atoms with van der Waals surface area (Å²) in [6.07, 6.45) is 3.28. The summed E-state index contributed by atoms with van der Waals surface area (Å²) in [6.45, 7) is 0.427. The fraction of sp³-hybridized carbons (Fsp3) is 0.556. The molecule has 2 rings (SSSR count). The first-order valence-electron chi connectivity index (χ1n) is 4.31. The molecular formula is C9H11NO3. The Morgan fingerprint density at radius 1 is 1.69 bits per heavy atom. The average Bonchev–Trinajstić information content (AvgIpc) is 2.67. The van der Waals surface area contributed by atoms with Gasteiger partial charge < -0.3 is 9.64 Å². The van der Waals surface area contributed by atoms with Crippen LogP contribution in [-0.4, -0.2) is 36.5 Å². The predicted octanol–water partition coefficient (Wildman–Crippen LogP) is 0.0904. The van der Waals surface area contributed by atoms with Gasteiger partial charge in [-0.3, -0.25) is 4.79 Å². The Labute approximate surface area is 76.2 Å². The van der Waals surface area contributed by atoms with Crippen molar-refractivity contribution in [3.05, 3.63) is 11.6 Å². The molecule has 0 bridgehead atoms. The van der Waals surface area contributed by atoms with E-state index in [4.69, 9.17) is 0 Å². The average molecular weight is 181 g/mol. The van der Waals surface area contributed by atoms with Gasteiger partial charge in [0.2, 0.25) is 5.91 Å². The maximum absolute atomic E-state index is 11.3. The molecule has 4 nitrogen and oxygen atoms in total. The summed E-state index contributed by atoms with van der Waals surface area (Å²) in [6, 6.07) is 0.140. The molecule has 2 aliphatic heterocycles. The Morgan fingerprint density at radius 2 is 2.46 bits per heavy atom. The maximum atomic E-state index is 11.3. The molecule has 0 radical (unpaired) electrons. The van der Waals surface area contributed by atoms with Crippen molar-refractivity contribution in [2.24, 2.45) is 0 Å². The van der Waals surface area contributed by atoms with Crippen molar-refractivity contribution < 1.29 is 14.3 Å². The van der Waals surface area contributed by atoms with Crippen LogP contribution < -0.4 is 0 Å². The summed E-state index contributed by atoms with van der Waals surface area (Å²) in [7, 11) is 1.36. The lowest BCUT2D eigenvalue weighted by atomic mass is 10.2. The molecule has 13 heavy (non-hydrogen) atoms. The molecule has 0 aliphatic carbocycles. The fourth-order valence-corrected chi connectivity index (χ4v) is 1.87. The van der Waals surface area contributed by atoms with Gasteiger partial charge >= 0.3 is 5.97 Å². The molecule has 0 aromatic rings. The van der Waals surface area contributed by atoms with Crippen LogP contribution >= 0.6 is 0 Å². The highest BCUT2D eigenvalue weighted by molar-refractivity contribution is 5.92. The van der Waals surface area contributed by atoms with E-state index in [-0.39, 0.29) is 17.9 Å².